The van der Waals surface area contributed by atoms with Crippen molar-refractivity contribution in [2.75, 3.05) is 6.54 Å². The van der Waals surface area contributed by atoms with Crippen LogP contribution in [-0.2, 0) is 25.5 Å². The predicted molar refractivity (Wildman–Crippen MR) is 144 cm³/mol. The first kappa shape index (κ1) is 29.2. The molecule has 0 radical (unpaired) electrons. The molecule has 1 aromatic carbocycles. The maximum absolute atomic E-state index is 13.7. The van der Waals surface area contributed by atoms with E-state index in [1.807, 2.05) is 30.3 Å². The Hall–Kier alpha value is -2.41. The third-order valence-corrected chi connectivity index (χ3v) is 7.80. The van der Waals surface area contributed by atoms with Gasteiger partial charge in [0, 0.05) is 12.5 Å². The van der Waals surface area contributed by atoms with Gasteiger partial charge < -0.3 is 20.1 Å². The van der Waals surface area contributed by atoms with E-state index in [-0.39, 0.29) is 23.8 Å². The van der Waals surface area contributed by atoms with Crippen LogP contribution < -0.4 is 5.32 Å². The molecular weight excluding hydrogens is 468 g/mol. The number of aliphatic hydroxyl groups is 1. The van der Waals surface area contributed by atoms with Crippen LogP contribution in [0, 0.1) is 11.8 Å². The highest BCUT2D eigenvalue weighted by atomic mass is 16.6. The first-order valence-electron chi connectivity index (χ1n) is 14.3. The number of amides is 2. The summed E-state index contributed by atoms with van der Waals surface area (Å²) >= 11 is 0. The second kappa shape index (κ2) is 14.5. The average Bonchev–Trinajstić information content (AvgIpc) is 3.23. The Morgan fingerprint density at radius 2 is 1.81 bits per heavy atom. The molecule has 3 rings (SSSR count). The SMILES string of the molecule is CCCC[C@@H](C(=O)N[C@@H](CC1CCCCC1)[C@@H](O)C(=O)OC(C)C)N1CCC(Cc2ccccc2)C1=O. The summed E-state index contributed by atoms with van der Waals surface area (Å²) in [6.45, 7) is 6.09. The maximum atomic E-state index is 13.7. The topological polar surface area (TPSA) is 95.9 Å². The zero-order valence-electron chi connectivity index (χ0n) is 22.9. The number of nitrogens with one attached hydrogen (secondary N) is 1. The molecule has 0 spiro atoms. The first-order valence-corrected chi connectivity index (χ1v) is 14.3. The summed E-state index contributed by atoms with van der Waals surface area (Å²) < 4.78 is 5.27. The minimum absolute atomic E-state index is 0.0173. The fourth-order valence-electron chi connectivity index (χ4n) is 5.78. The van der Waals surface area contributed by atoms with Crippen LogP contribution in [-0.4, -0.2) is 58.6 Å². The number of hydrogen-bond acceptors (Lipinski definition) is 5. The van der Waals surface area contributed by atoms with Crippen LogP contribution in [0.4, 0.5) is 0 Å². The third kappa shape index (κ3) is 8.56. The summed E-state index contributed by atoms with van der Waals surface area (Å²) in [6.07, 6.45) is 7.95. The van der Waals surface area contributed by atoms with Crippen molar-refractivity contribution >= 4 is 17.8 Å². The van der Waals surface area contributed by atoms with E-state index >= 15 is 0 Å². The number of unbranched alkanes of at least 4 members (excludes halogenated alkanes) is 1. The number of ether oxygens (including phenoxy) is 1. The molecule has 1 aliphatic heterocycles. The Balaban J connectivity index is 1.73. The van der Waals surface area contributed by atoms with Crippen LogP contribution in [0.2, 0.25) is 0 Å². The molecule has 37 heavy (non-hydrogen) atoms. The highest BCUT2D eigenvalue weighted by Crippen LogP contribution is 2.29. The molecule has 206 valence electrons. The zero-order chi connectivity index (χ0) is 26.8. The van der Waals surface area contributed by atoms with E-state index in [1.165, 1.54) is 6.42 Å². The Morgan fingerprint density at radius 3 is 2.46 bits per heavy atom. The van der Waals surface area contributed by atoms with Crippen molar-refractivity contribution in [2.45, 2.75) is 116 Å². The van der Waals surface area contributed by atoms with E-state index in [0.29, 0.717) is 31.7 Å². The van der Waals surface area contributed by atoms with Crippen molar-refractivity contribution in [2.24, 2.45) is 11.8 Å². The van der Waals surface area contributed by atoms with Gasteiger partial charge in [-0.15, -0.1) is 0 Å². The Kier molecular flexibility index (Phi) is 11.4. The second-order valence-corrected chi connectivity index (χ2v) is 11.2. The van der Waals surface area contributed by atoms with E-state index in [4.69, 9.17) is 4.74 Å². The highest BCUT2D eigenvalue weighted by Gasteiger charge is 2.40. The fourth-order valence-corrected chi connectivity index (χ4v) is 5.78. The first-order chi connectivity index (χ1) is 17.8. The molecule has 0 aromatic heterocycles. The van der Waals surface area contributed by atoms with E-state index in [0.717, 1.165) is 50.5 Å². The predicted octanol–water partition coefficient (Wildman–Crippen LogP) is 4.40. The minimum atomic E-state index is -1.43. The quantitative estimate of drug-likeness (QED) is 0.380. The lowest BCUT2D eigenvalue weighted by molar-refractivity contribution is -0.160. The molecule has 7 nitrogen and oxygen atoms in total. The fraction of sp³-hybridized carbons (Fsp3) is 0.700. The summed E-state index contributed by atoms with van der Waals surface area (Å²) in [5, 5.41) is 13.9. The van der Waals surface area contributed by atoms with Gasteiger partial charge in [0.05, 0.1) is 12.1 Å². The molecule has 2 N–H and O–H groups in total. The summed E-state index contributed by atoms with van der Waals surface area (Å²) in [5.74, 6) is -0.758. The van der Waals surface area contributed by atoms with Gasteiger partial charge in [0.25, 0.3) is 0 Å². The van der Waals surface area contributed by atoms with Crippen LogP contribution in [0.25, 0.3) is 0 Å². The number of carbonyl (C=O) groups is 3. The van der Waals surface area contributed by atoms with Crippen LogP contribution in [0.15, 0.2) is 30.3 Å². The van der Waals surface area contributed by atoms with Gasteiger partial charge in [-0.1, -0.05) is 82.2 Å². The minimum Gasteiger partial charge on any atom is -0.461 e. The summed E-state index contributed by atoms with van der Waals surface area (Å²) in [7, 11) is 0. The average molecular weight is 515 g/mol. The van der Waals surface area contributed by atoms with Crippen molar-refractivity contribution in [3.63, 3.8) is 0 Å². The van der Waals surface area contributed by atoms with Crippen LogP contribution in [0.3, 0.4) is 0 Å². The molecule has 2 fully saturated rings. The molecule has 7 heteroatoms. The molecular formula is C30H46N2O5. The Labute approximate surface area is 222 Å². The second-order valence-electron chi connectivity index (χ2n) is 11.2. The van der Waals surface area contributed by atoms with Crippen LogP contribution in [0.1, 0.15) is 90.5 Å². The van der Waals surface area contributed by atoms with Gasteiger partial charge in [-0.3, -0.25) is 9.59 Å². The van der Waals surface area contributed by atoms with Crippen LogP contribution in [0.5, 0.6) is 0 Å². The molecule has 1 aromatic rings. The lowest BCUT2D eigenvalue weighted by Crippen LogP contribution is -2.55. The van der Waals surface area contributed by atoms with Gasteiger partial charge in [0.15, 0.2) is 6.10 Å². The van der Waals surface area contributed by atoms with Crippen molar-refractivity contribution in [3.05, 3.63) is 35.9 Å². The van der Waals surface area contributed by atoms with Crippen molar-refractivity contribution in [1.82, 2.24) is 10.2 Å². The van der Waals surface area contributed by atoms with Crippen molar-refractivity contribution in [3.8, 4) is 0 Å². The summed E-state index contributed by atoms with van der Waals surface area (Å²) in [5.41, 5.74) is 1.12. The number of rotatable bonds is 13. The third-order valence-electron chi connectivity index (χ3n) is 7.80. The molecule has 1 saturated carbocycles. The van der Waals surface area contributed by atoms with E-state index in [2.05, 4.69) is 12.2 Å². The standard InChI is InChI=1S/C30H46N2O5/c1-4-5-16-26(32-18-17-24(29(32)35)19-22-12-8-6-9-13-22)28(34)31-25(20-23-14-10-7-11-15-23)27(33)30(36)37-21(2)3/h6,8-9,12-13,21,23-27,33H,4-5,7,10-11,14-20H2,1-3H3,(H,31,34)/t24?,25-,26-,27+/m0/s1. The number of nitrogens with zero attached hydrogens (tertiary/aromatic N) is 1. The van der Waals surface area contributed by atoms with Crippen molar-refractivity contribution < 1.29 is 24.2 Å². The molecule has 4 atom stereocenters. The smallest absolute Gasteiger partial charge is 0.337 e. The molecule has 2 aliphatic rings. The summed E-state index contributed by atoms with van der Waals surface area (Å²) in [4.78, 5) is 41.4. The lowest BCUT2D eigenvalue weighted by atomic mass is 9.83. The molecule has 1 unspecified atom stereocenters. The maximum Gasteiger partial charge on any atom is 0.337 e. The zero-order valence-corrected chi connectivity index (χ0v) is 22.9. The van der Waals surface area contributed by atoms with E-state index < -0.39 is 24.2 Å². The van der Waals surface area contributed by atoms with Gasteiger partial charge in [0.2, 0.25) is 11.8 Å². The number of hydrogen-bond donors (Lipinski definition) is 2. The number of esters is 1. The van der Waals surface area contributed by atoms with Crippen molar-refractivity contribution in [1.29, 1.82) is 0 Å². The van der Waals surface area contributed by atoms with Crippen LogP contribution >= 0.6 is 0 Å². The highest BCUT2D eigenvalue weighted by molar-refractivity contribution is 5.90. The molecule has 0 bridgehead atoms. The lowest BCUT2D eigenvalue weighted by Gasteiger charge is -2.33. The monoisotopic (exact) mass is 514 g/mol. The molecule has 1 saturated heterocycles. The van der Waals surface area contributed by atoms with Gasteiger partial charge >= 0.3 is 5.97 Å². The normalized spacial score (nSPS) is 21.1. The van der Waals surface area contributed by atoms with Gasteiger partial charge in [-0.05, 0) is 51.0 Å². The van der Waals surface area contributed by atoms with Gasteiger partial charge in [0.1, 0.15) is 6.04 Å². The number of aliphatic hydroxyl groups excluding tert-OH is 1. The number of carbonyl (C=O) groups excluding carboxylic acids is 3. The number of benzene rings is 1. The van der Waals surface area contributed by atoms with E-state index in [9.17, 15) is 19.5 Å². The largest absolute Gasteiger partial charge is 0.461 e. The van der Waals surface area contributed by atoms with E-state index in [1.54, 1.807) is 18.7 Å². The molecule has 1 aliphatic carbocycles. The Morgan fingerprint density at radius 1 is 1.11 bits per heavy atom. The Bertz CT molecular complexity index is 868. The van der Waals surface area contributed by atoms with Gasteiger partial charge in [-0.25, -0.2) is 4.79 Å². The molecule has 1 heterocycles. The van der Waals surface area contributed by atoms with Gasteiger partial charge in [-0.2, -0.15) is 0 Å². The number of likely N-dealkylation sites (tertiary alicyclic amines) is 1. The summed E-state index contributed by atoms with van der Waals surface area (Å²) in [6, 6.07) is 8.65. The molecule has 2 amide bonds.